The Morgan fingerprint density at radius 2 is 1.85 bits per heavy atom. The van der Waals surface area contributed by atoms with Gasteiger partial charge in [0.2, 0.25) is 0 Å². The molecule has 0 aliphatic heterocycles. The monoisotopic (exact) mass is 291 g/mol. The molecule has 2 rings (SSSR count). The Morgan fingerprint density at radius 1 is 1.15 bits per heavy atom. The SMILES string of the molecule is O=C(NCCOc1ccc(Cl)cc1)c1ccccc1O. The van der Waals surface area contributed by atoms with Gasteiger partial charge >= 0.3 is 0 Å². The molecule has 104 valence electrons. The Labute approximate surface area is 122 Å². The third kappa shape index (κ3) is 3.90. The number of hydrogen-bond donors (Lipinski definition) is 2. The van der Waals surface area contributed by atoms with Gasteiger partial charge in [0.25, 0.3) is 5.91 Å². The van der Waals surface area contributed by atoms with Crippen LogP contribution in [0.2, 0.25) is 5.02 Å². The second kappa shape index (κ2) is 6.82. The number of phenols is 1. The van der Waals surface area contributed by atoms with Gasteiger partial charge in [0.05, 0.1) is 12.1 Å². The van der Waals surface area contributed by atoms with Crippen LogP contribution in [0.1, 0.15) is 10.4 Å². The third-order valence-electron chi connectivity index (χ3n) is 2.62. The van der Waals surface area contributed by atoms with Crippen LogP contribution >= 0.6 is 11.6 Å². The van der Waals surface area contributed by atoms with Gasteiger partial charge in [-0.3, -0.25) is 4.79 Å². The molecule has 0 unspecified atom stereocenters. The number of carbonyl (C=O) groups excluding carboxylic acids is 1. The van der Waals surface area contributed by atoms with Crippen LogP contribution in [0.3, 0.4) is 0 Å². The van der Waals surface area contributed by atoms with Gasteiger partial charge in [0.1, 0.15) is 18.1 Å². The zero-order valence-electron chi connectivity index (χ0n) is 10.7. The van der Waals surface area contributed by atoms with E-state index in [4.69, 9.17) is 16.3 Å². The van der Waals surface area contributed by atoms with Gasteiger partial charge in [-0.15, -0.1) is 0 Å². The van der Waals surface area contributed by atoms with Gasteiger partial charge in [0, 0.05) is 5.02 Å². The smallest absolute Gasteiger partial charge is 0.255 e. The number of hydrogen-bond acceptors (Lipinski definition) is 3. The van der Waals surface area contributed by atoms with Crippen molar-refractivity contribution < 1.29 is 14.6 Å². The highest BCUT2D eigenvalue weighted by Crippen LogP contribution is 2.16. The van der Waals surface area contributed by atoms with E-state index in [1.54, 1.807) is 42.5 Å². The lowest BCUT2D eigenvalue weighted by Crippen LogP contribution is -2.28. The zero-order chi connectivity index (χ0) is 14.4. The van der Waals surface area contributed by atoms with Crippen LogP contribution in [0.25, 0.3) is 0 Å². The summed E-state index contributed by atoms with van der Waals surface area (Å²) in [7, 11) is 0. The molecule has 2 aromatic carbocycles. The largest absolute Gasteiger partial charge is 0.507 e. The van der Waals surface area contributed by atoms with Crippen LogP contribution in [0.4, 0.5) is 0 Å². The van der Waals surface area contributed by atoms with E-state index in [2.05, 4.69) is 5.32 Å². The third-order valence-corrected chi connectivity index (χ3v) is 2.87. The van der Waals surface area contributed by atoms with Gasteiger partial charge in [0.15, 0.2) is 0 Å². The van der Waals surface area contributed by atoms with Crippen molar-refractivity contribution in [2.45, 2.75) is 0 Å². The number of nitrogens with one attached hydrogen (secondary N) is 1. The average Bonchev–Trinajstić information content (AvgIpc) is 2.46. The van der Waals surface area contributed by atoms with E-state index < -0.39 is 0 Å². The molecule has 2 N–H and O–H groups in total. The summed E-state index contributed by atoms with van der Waals surface area (Å²) in [5.74, 6) is 0.317. The highest BCUT2D eigenvalue weighted by Gasteiger charge is 2.08. The van der Waals surface area contributed by atoms with Crippen molar-refractivity contribution >= 4 is 17.5 Å². The van der Waals surface area contributed by atoms with E-state index in [1.165, 1.54) is 6.07 Å². The lowest BCUT2D eigenvalue weighted by atomic mass is 10.2. The summed E-state index contributed by atoms with van der Waals surface area (Å²) in [4.78, 5) is 11.8. The summed E-state index contributed by atoms with van der Waals surface area (Å²) >= 11 is 5.76. The van der Waals surface area contributed by atoms with Gasteiger partial charge < -0.3 is 15.2 Å². The minimum absolute atomic E-state index is 0.0383. The number of para-hydroxylation sites is 1. The fraction of sp³-hybridized carbons (Fsp3) is 0.133. The molecule has 0 atom stereocenters. The van der Waals surface area contributed by atoms with E-state index >= 15 is 0 Å². The first-order chi connectivity index (χ1) is 9.66. The number of rotatable bonds is 5. The molecular formula is C15H14ClNO3. The molecular weight excluding hydrogens is 278 g/mol. The van der Waals surface area contributed by atoms with Crippen LogP contribution in [0.15, 0.2) is 48.5 Å². The molecule has 2 aromatic rings. The Bertz CT molecular complexity index is 584. The van der Waals surface area contributed by atoms with E-state index in [0.717, 1.165) is 0 Å². The van der Waals surface area contributed by atoms with Crippen LogP contribution in [0.5, 0.6) is 11.5 Å². The van der Waals surface area contributed by atoms with Crippen molar-refractivity contribution in [3.63, 3.8) is 0 Å². The van der Waals surface area contributed by atoms with E-state index in [-0.39, 0.29) is 17.2 Å². The molecule has 1 amide bonds. The number of phenolic OH excluding ortho intramolecular Hbond substituents is 1. The maximum atomic E-state index is 11.8. The molecule has 0 saturated carbocycles. The molecule has 0 radical (unpaired) electrons. The Kier molecular flexibility index (Phi) is 4.85. The van der Waals surface area contributed by atoms with Crippen LogP contribution in [-0.2, 0) is 0 Å². The first-order valence-electron chi connectivity index (χ1n) is 6.11. The van der Waals surface area contributed by atoms with Crippen LogP contribution in [0, 0.1) is 0 Å². The molecule has 0 saturated heterocycles. The van der Waals surface area contributed by atoms with Gasteiger partial charge in [-0.05, 0) is 36.4 Å². The van der Waals surface area contributed by atoms with Gasteiger partial charge in [-0.1, -0.05) is 23.7 Å². The van der Waals surface area contributed by atoms with Crippen molar-refractivity contribution in [3.8, 4) is 11.5 Å². The minimum Gasteiger partial charge on any atom is -0.507 e. The predicted molar refractivity (Wildman–Crippen MR) is 77.4 cm³/mol. The Hall–Kier alpha value is -2.20. The molecule has 0 spiro atoms. The lowest BCUT2D eigenvalue weighted by molar-refractivity contribution is 0.0944. The zero-order valence-corrected chi connectivity index (χ0v) is 11.4. The average molecular weight is 292 g/mol. The standard InChI is InChI=1S/C15H14ClNO3/c16-11-5-7-12(8-6-11)20-10-9-17-15(19)13-3-1-2-4-14(13)18/h1-8,18H,9-10H2,(H,17,19). The summed E-state index contributed by atoms with van der Waals surface area (Å²) in [6.07, 6.45) is 0. The summed E-state index contributed by atoms with van der Waals surface area (Å²) in [5, 5.41) is 12.9. The number of amides is 1. The molecule has 0 bridgehead atoms. The number of carbonyl (C=O) groups is 1. The number of halogens is 1. The molecule has 4 nitrogen and oxygen atoms in total. The number of aromatic hydroxyl groups is 1. The van der Waals surface area contributed by atoms with E-state index in [9.17, 15) is 9.90 Å². The Balaban J connectivity index is 1.77. The molecule has 0 heterocycles. The fourth-order valence-corrected chi connectivity index (χ4v) is 1.75. The van der Waals surface area contributed by atoms with Crippen molar-refractivity contribution in [1.29, 1.82) is 0 Å². The molecule has 0 aromatic heterocycles. The highest BCUT2D eigenvalue weighted by molar-refractivity contribution is 6.30. The molecule has 0 aliphatic rings. The minimum atomic E-state index is -0.331. The Morgan fingerprint density at radius 3 is 2.55 bits per heavy atom. The summed E-state index contributed by atoms with van der Waals surface area (Å²) in [5.41, 5.74) is 0.249. The summed E-state index contributed by atoms with van der Waals surface area (Å²) in [6, 6.07) is 13.4. The maximum absolute atomic E-state index is 11.8. The fourth-order valence-electron chi connectivity index (χ4n) is 1.63. The lowest BCUT2D eigenvalue weighted by Gasteiger charge is -2.08. The molecule has 0 fully saturated rings. The van der Waals surface area contributed by atoms with Crippen LogP contribution < -0.4 is 10.1 Å². The van der Waals surface area contributed by atoms with E-state index in [1.807, 2.05) is 0 Å². The first kappa shape index (κ1) is 14.2. The molecule has 0 aliphatic carbocycles. The van der Waals surface area contributed by atoms with Crippen molar-refractivity contribution in [3.05, 3.63) is 59.1 Å². The summed E-state index contributed by atoms with van der Waals surface area (Å²) in [6.45, 7) is 0.677. The second-order valence-corrected chi connectivity index (χ2v) is 4.51. The quantitative estimate of drug-likeness (QED) is 0.833. The second-order valence-electron chi connectivity index (χ2n) is 4.08. The van der Waals surface area contributed by atoms with Gasteiger partial charge in [-0.25, -0.2) is 0 Å². The van der Waals surface area contributed by atoms with Crippen molar-refractivity contribution in [2.75, 3.05) is 13.2 Å². The van der Waals surface area contributed by atoms with E-state index in [0.29, 0.717) is 23.9 Å². The summed E-state index contributed by atoms with van der Waals surface area (Å²) < 4.78 is 5.44. The normalized spacial score (nSPS) is 10.1. The van der Waals surface area contributed by atoms with Crippen molar-refractivity contribution in [1.82, 2.24) is 5.32 Å². The van der Waals surface area contributed by atoms with Crippen molar-refractivity contribution in [2.24, 2.45) is 0 Å². The highest BCUT2D eigenvalue weighted by atomic mass is 35.5. The number of ether oxygens (including phenoxy) is 1. The maximum Gasteiger partial charge on any atom is 0.255 e. The molecule has 5 heteroatoms. The topological polar surface area (TPSA) is 58.6 Å². The number of benzene rings is 2. The first-order valence-corrected chi connectivity index (χ1v) is 6.49. The van der Waals surface area contributed by atoms with Crippen LogP contribution in [-0.4, -0.2) is 24.2 Å². The van der Waals surface area contributed by atoms with Gasteiger partial charge in [-0.2, -0.15) is 0 Å². The predicted octanol–water partition coefficient (Wildman–Crippen LogP) is 2.85. The molecule has 20 heavy (non-hydrogen) atoms.